The van der Waals surface area contributed by atoms with Gasteiger partial charge in [0.05, 0.1) is 24.8 Å². The number of carbonyl (C=O) groups is 1. The van der Waals surface area contributed by atoms with Gasteiger partial charge in [0.25, 0.3) is 5.56 Å². The molecule has 0 aliphatic rings. The summed E-state index contributed by atoms with van der Waals surface area (Å²) in [6.45, 7) is 0.234. The Kier molecular flexibility index (Phi) is 5.58. The lowest BCUT2D eigenvalue weighted by Crippen LogP contribution is -2.27. The third-order valence-electron chi connectivity index (χ3n) is 3.67. The van der Waals surface area contributed by atoms with Gasteiger partial charge in [0.2, 0.25) is 0 Å². The number of hydrogen-bond donors (Lipinski definition) is 0. The number of hydrogen-bond acceptors (Lipinski definition) is 5. The maximum Gasteiger partial charge on any atom is 0.327 e. The molecule has 6 nitrogen and oxygen atoms in total. The highest BCUT2D eigenvalue weighted by Crippen LogP contribution is 2.11. The standard InChI is InChI=1S/C19H17FN2O4/c20-15-6-8-16(9-7-15)25-10-3-11-26-18(23)13-22-19(24)17-5-2-1-4-14(17)12-21-22/h1-2,4-9,12H,3,10-11,13H2. The molecule has 0 unspecified atom stereocenters. The molecule has 0 amide bonds. The normalized spacial score (nSPS) is 10.7. The molecule has 0 saturated heterocycles. The van der Waals surface area contributed by atoms with Crippen molar-refractivity contribution in [3.63, 3.8) is 0 Å². The molecule has 1 aromatic heterocycles. The van der Waals surface area contributed by atoms with E-state index >= 15 is 0 Å². The molecule has 0 spiro atoms. The average molecular weight is 356 g/mol. The number of aromatic nitrogens is 2. The molecule has 0 radical (unpaired) electrons. The topological polar surface area (TPSA) is 70.4 Å². The lowest BCUT2D eigenvalue weighted by atomic mass is 10.2. The summed E-state index contributed by atoms with van der Waals surface area (Å²) in [6, 6.07) is 12.7. The van der Waals surface area contributed by atoms with Gasteiger partial charge in [0.1, 0.15) is 18.1 Å². The van der Waals surface area contributed by atoms with Crippen LogP contribution in [0.25, 0.3) is 10.8 Å². The van der Waals surface area contributed by atoms with E-state index in [2.05, 4.69) is 5.10 Å². The molecule has 0 atom stereocenters. The third-order valence-corrected chi connectivity index (χ3v) is 3.67. The molecule has 7 heteroatoms. The molecule has 2 aromatic carbocycles. The zero-order valence-corrected chi connectivity index (χ0v) is 13.9. The SMILES string of the molecule is O=C(Cn1ncc2ccccc2c1=O)OCCCOc1ccc(F)cc1. The molecule has 134 valence electrons. The molecule has 26 heavy (non-hydrogen) atoms. The minimum atomic E-state index is -0.545. The van der Waals surface area contributed by atoms with Gasteiger partial charge < -0.3 is 9.47 Å². The van der Waals surface area contributed by atoms with Gasteiger partial charge in [0, 0.05) is 11.8 Å². The number of esters is 1. The number of ether oxygens (including phenoxy) is 2. The van der Waals surface area contributed by atoms with Gasteiger partial charge in [-0.25, -0.2) is 9.07 Å². The van der Waals surface area contributed by atoms with Crippen LogP contribution in [0.15, 0.2) is 59.5 Å². The summed E-state index contributed by atoms with van der Waals surface area (Å²) in [7, 11) is 0. The third kappa shape index (κ3) is 4.44. The van der Waals surface area contributed by atoms with Crippen molar-refractivity contribution in [2.24, 2.45) is 0 Å². The van der Waals surface area contributed by atoms with Crippen LogP contribution in [-0.4, -0.2) is 29.0 Å². The van der Waals surface area contributed by atoms with Crippen LogP contribution in [0.4, 0.5) is 4.39 Å². The Bertz CT molecular complexity index is 954. The average Bonchev–Trinajstić information content (AvgIpc) is 2.65. The van der Waals surface area contributed by atoms with Crippen molar-refractivity contribution < 1.29 is 18.7 Å². The first-order valence-corrected chi connectivity index (χ1v) is 8.12. The first-order valence-electron chi connectivity index (χ1n) is 8.12. The van der Waals surface area contributed by atoms with Gasteiger partial charge in [-0.2, -0.15) is 5.10 Å². The molecular formula is C19H17FN2O4. The van der Waals surface area contributed by atoms with Gasteiger partial charge in [-0.3, -0.25) is 9.59 Å². The van der Waals surface area contributed by atoms with E-state index in [1.807, 2.05) is 6.07 Å². The lowest BCUT2D eigenvalue weighted by molar-refractivity contribution is -0.144. The zero-order chi connectivity index (χ0) is 18.4. The van der Waals surface area contributed by atoms with Crippen molar-refractivity contribution >= 4 is 16.7 Å². The highest BCUT2D eigenvalue weighted by atomic mass is 19.1. The maximum atomic E-state index is 12.8. The van der Waals surface area contributed by atoms with Crippen LogP contribution in [0.2, 0.25) is 0 Å². The maximum absolute atomic E-state index is 12.8. The Morgan fingerprint density at radius 1 is 1.08 bits per heavy atom. The monoisotopic (exact) mass is 356 g/mol. The summed E-state index contributed by atoms with van der Waals surface area (Å²) in [5.41, 5.74) is -0.334. The first-order chi connectivity index (χ1) is 12.6. The number of benzene rings is 2. The van der Waals surface area contributed by atoms with Crippen molar-refractivity contribution in [3.05, 3.63) is 70.9 Å². The Morgan fingerprint density at radius 3 is 2.65 bits per heavy atom. The van der Waals surface area contributed by atoms with Crippen molar-refractivity contribution in [1.82, 2.24) is 9.78 Å². The second-order valence-corrected chi connectivity index (χ2v) is 5.57. The summed E-state index contributed by atoms with van der Waals surface area (Å²) in [4.78, 5) is 24.1. The van der Waals surface area contributed by atoms with Gasteiger partial charge in [-0.05, 0) is 30.3 Å². The fourth-order valence-electron chi connectivity index (χ4n) is 2.37. The van der Waals surface area contributed by atoms with Crippen LogP contribution in [0.3, 0.4) is 0 Å². The summed E-state index contributed by atoms with van der Waals surface area (Å²) < 4.78 is 24.3. The fraction of sp³-hybridized carbons (Fsp3) is 0.211. The molecule has 3 aromatic rings. The highest BCUT2D eigenvalue weighted by molar-refractivity contribution is 5.80. The smallest absolute Gasteiger partial charge is 0.327 e. The van der Waals surface area contributed by atoms with E-state index in [1.54, 1.807) is 24.4 Å². The Balaban J connectivity index is 1.45. The Labute approximate surface area is 148 Å². The van der Waals surface area contributed by atoms with Gasteiger partial charge in [-0.1, -0.05) is 18.2 Å². The largest absolute Gasteiger partial charge is 0.493 e. The summed E-state index contributed by atoms with van der Waals surface area (Å²) >= 11 is 0. The highest BCUT2D eigenvalue weighted by Gasteiger charge is 2.09. The predicted octanol–water partition coefficient (Wildman–Crippen LogP) is 2.55. The molecule has 0 N–H and O–H groups in total. The van der Waals surface area contributed by atoms with E-state index in [1.165, 1.54) is 24.3 Å². The first kappa shape index (κ1) is 17.6. The van der Waals surface area contributed by atoms with Gasteiger partial charge in [-0.15, -0.1) is 0 Å². The van der Waals surface area contributed by atoms with E-state index < -0.39 is 5.97 Å². The van der Waals surface area contributed by atoms with E-state index in [-0.39, 0.29) is 24.5 Å². The second kappa shape index (κ2) is 8.24. The fourth-order valence-corrected chi connectivity index (χ4v) is 2.37. The van der Waals surface area contributed by atoms with Crippen molar-refractivity contribution in [2.75, 3.05) is 13.2 Å². The summed E-state index contributed by atoms with van der Waals surface area (Å²) in [5, 5.41) is 5.21. The molecule has 1 heterocycles. The number of carbonyl (C=O) groups excluding carboxylic acids is 1. The van der Waals surface area contributed by atoms with Crippen LogP contribution >= 0.6 is 0 Å². The summed E-state index contributed by atoms with van der Waals surface area (Å²) in [5.74, 6) is -0.329. The van der Waals surface area contributed by atoms with Crippen molar-refractivity contribution in [1.29, 1.82) is 0 Å². The number of halogens is 1. The minimum absolute atomic E-state index is 0.155. The van der Waals surface area contributed by atoms with Crippen LogP contribution in [0.5, 0.6) is 5.75 Å². The molecule has 3 rings (SSSR count). The van der Waals surface area contributed by atoms with E-state index in [4.69, 9.17) is 9.47 Å². The number of rotatable bonds is 7. The van der Waals surface area contributed by atoms with Gasteiger partial charge in [0.15, 0.2) is 0 Å². The molecule has 0 aliphatic carbocycles. The quantitative estimate of drug-likeness (QED) is 0.481. The zero-order valence-electron chi connectivity index (χ0n) is 13.9. The number of fused-ring (bicyclic) bond motifs is 1. The van der Waals surface area contributed by atoms with Crippen LogP contribution in [0.1, 0.15) is 6.42 Å². The molecule has 0 saturated carbocycles. The molecule has 0 fully saturated rings. The second-order valence-electron chi connectivity index (χ2n) is 5.57. The van der Waals surface area contributed by atoms with Crippen LogP contribution < -0.4 is 10.3 Å². The minimum Gasteiger partial charge on any atom is -0.493 e. The van der Waals surface area contributed by atoms with Crippen LogP contribution in [-0.2, 0) is 16.1 Å². The van der Waals surface area contributed by atoms with Gasteiger partial charge >= 0.3 is 5.97 Å². The Morgan fingerprint density at radius 2 is 1.85 bits per heavy atom. The van der Waals surface area contributed by atoms with E-state index in [0.717, 1.165) is 10.1 Å². The van der Waals surface area contributed by atoms with E-state index in [0.29, 0.717) is 24.2 Å². The lowest BCUT2D eigenvalue weighted by Gasteiger charge is -2.08. The summed E-state index contributed by atoms with van der Waals surface area (Å²) in [6.07, 6.45) is 2.02. The van der Waals surface area contributed by atoms with E-state index in [9.17, 15) is 14.0 Å². The van der Waals surface area contributed by atoms with Crippen LogP contribution in [0, 0.1) is 5.82 Å². The predicted molar refractivity (Wildman–Crippen MR) is 93.5 cm³/mol. The number of nitrogens with zero attached hydrogens (tertiary/aromatic N) is 2. The molecular weight excluding hydrogens is 339 g/mol. The molecule has 0 bridgehead atoms. The van der Waals surface area contributed by atoms with Crippen molar-refractivity contribution in [3.8, 4) is 5.75 Å². The molecule has 0 aliphatic heterocycles. The Hall–Kier alpha value is -3.22. The van der Waals surface area contributed by atoms with Crippen molar-refractivity contribution in [2.45, 2.75) is 13.0 Å².